The van der Waals surface area contributed by atoms with Crippen LogP contribution >= 0.6 is 0 Å². The molecule has 0 aliphatic rings. The van der Waals surface area contributed by atoms with Gasteiger partial charge in [-0.25, -0.2) is 0 Å². The molecule has 0 saturated heterocycles. The monoisotopic (exact) mass is 169 g/mol. The fourth-order valence-electron chi connectivity index (χ4n) is 0.887. The maximum atomic E-state index is 11.0. The lowest BCUT2D eigenvalue weighted by Crippen LogP contribution is -2.23. The van der Waals surface area contributed by atoms with Crippen molar-refractivity contribution in [2.45, 2.75) is 39.5 Å². The number of rotatable bonds is 6. The third kappa shape index (κ3) is 7.32. The van der Waals surface area contributed by atoms with Crippen LogP contribution in [-0.2, 0) is 4.79 Å². The van der Waals surface area contributed by atoms with E-state index in [-0.39, 0.29) is 5.91 Å². The highest BCUT2D eigenvalue weighted by molar-refractivity contribution is 5.75. The Morgan fingerprint density at radius 1 is 1.50 bits per heavy atom. The lowest BCUT2D eigenvalue weighted by Gasteiger charge is -2.01. The first kappa shape index (κ1) is 11.2. The molecule has 0 rings (SSSR count). The van der Waals surface area contributed by atoms with Crippen LogP contribution in [0.1, 0.15) is 39.5 Å². The van der Waals surface area contributed by atoms with Crippen molar-refractivity contribution >= 4 is 5.91 Å². The van der Waals surface area contributed by atoms with Crippen LogP contribution < -0.4 is 5.32 Å². The molecule has 0 aromatic heterocycles. The SMILES string of the molecule is C/C=C/CCNC(=O)CCCC. The molecular weight excluding hydrogens is 150 g/mol. The summed E-state index contributed by atoms with van der Waals surface area (Å²) in [4.78, 5) is 11.0. The van der Waals surface area contributed by atoms with Crippen molar-refractivity contribution in [3.63, 3.8) is 0 Å². The minimum absolute atomic E-state index is 0.182. The molecule has 0 atom stereocenters. The first-order chi connectivity index (χ1) is 5.81. The average Bonchev–Trinajstić information content (AvgIpc) is 2.09. The summed E-state index contributed by atoms with van der Waals surface area (Å²) in [5.41, 5.74) is 0. The summed E-state index contributed by atoms with van der Waals surface area (Å²) in [5.74, 6) is 0.182. The van der Waals surface area contributed by atoms with Gasteiger partial charge in [-0.2, -0.15) is 0 Å². The Bertz CT molecular complexity index is 141. The van der Waals surface area contributed by atoms with Crippen molar-refractivity contribution in [3.8, 4) is 0 Å². The van der Waals surface area contributed by atoms with Crippen LogP contribution in [0.25, 0.3) is 0 Å². The van der Waals surface area contributed by atoms with Gasteiger partial charge in [-0.15, -0.1) is 0 Å². The first-order valence-electron chi connectivity index (χ1n) is 4.69. The number of allylic oxidation sites excluding steroid dienone is 1. The van der Waals surface area contributed by atoms with E-state index in [1.807, 2.05) is 13.0 Å². The zero-order valence-electron chi connectivity index (χ0n) is 8.10. The first-order valence-corrected chi connectivity index (χ1v) is 4.69. The standard InChI is InChI=1S/C10H19NO/c1-3-5-7-9-11-10(12)8-6-4-2/h3,5H,4,6-9H2,1-2H3,(H,11,12)/b5-3+. The highest BCUT2D eigenvalue weighted by atomic mass is 16.1. The number of carbonyl (C=O) groups is 1. The molecule has 0 unspecified atom stereocenters. The number of nitrogens with one attached hydrogen (secondary N) is 1. The summed E-state index contributed by atoms with van der Waals surface area (Å²) in [7, 11) is 0. The van der Waals surface area contributed by atoms with E-state index in [2.05, 4.69) is 18.3 Å². The quantitative estimate of drug-likeness (QED) is 0.479. The fraction of sp³-hybridized carbons (Fsp3) is 0.700. The molecule has 2 nitrogen and oxygen atoms in total. The summed E-state index contributed by atoms with van der Waals surface area (Å²) >= 11 is 0. The van der Waals surface area contributed by atoms with E-state index >= 15 is 0 Å². The third-order valence-corrected chi connectivity index (χ3v) is 1.63. The zero-order chi connectivity index (χ0) is 9.23. The van der Waals surface area contributed by atoms with Crippen molar-refractivity contribution in [3.05, 3.63) is 12.2 Å². The number of amides is 1. The van der Waals surface area contributed by atoms with E-state index in [1.165, 1.54) is 0 Å². The van der Waals surface area contributed by atoms with Gasteiger partial charge in [0, 0.05) is 13.0 Å². The number of hydrogen-bond acceptors (Lipinski definition) is 1. The Hall–Kier alpha value is -0.790. The molecule has 0 aliphatic heterocycles. The summed E-state index contributed by atoms with van der Waals surface area (Å²) < 4.78 is 0. The maximum absolute atomic E-state index is 11.0. The predicted molar refractivity (Wildman–Crippen MR) is 52.0 cm³/mol. The van der Waals surface area contributed by atoms with E-state index in [0.29, 0.717) is 6.42 Å². The second-order valence-corrected chi connectivity index (χ2v) is 2.81. The molecule has 2 heteroatoms. The van der Waals surface area contributed by atoms with Gasteiger partial charge in [0.25, 0.3) is 0 Å². The van der Waals surface area contributed by atoms with E-state index < -0.39 is 0 Å². The van der Waals surface area contributed by atoms with Crippen LogP contribution in [0, 0.1) is 0 Å². The topological polar surface area (TPSA) is 29.1 Å². The highest BCUT2D eigenvalue weighted by Crippen LogP contribution is 1.92. The normalized spacial score (nSPS) is 10.5. The molecule has 0 bridgehead atoms. The van der Waals surface area contributed by atoms with Gasteiger partial charge in [0.15, 0.2) is 0 Å². The molecule has 12 heavy (non-hydrogen) atoms. The number of unbranched alkanes of at least 4 members (excludes halogenated alkanes) is 1. The smallest absolute Gasteiger partial charge is 0.220 e. The molecule has 0 aromatic rings. The largest absolute Gasteiger partial charge is 0.356 e. The van der Waals surface area contributed by atoms with Crippen molar-refractivity contribution in [2.75, 3.05) is 6.54 Å². The predicted octanol–water partition coefficient (Wildman–Crippen LogP) is 2.26. The summed E-state index contributed by atoms with van der Waals surface area (Å²) in [6, 6.07) is 0. The molecule has 1 N–H and O–H groups in total. The Kier molecular flexibility index (Phi) is 7.76. The maximum Gasteiger partial charge on any atom is 0.220 e. The van der Waals surface area contributed by atoms with Gasteiger partial charge in [0.2, 0.25) is 5.91 Å². The van der Waals surface area contributed by atoms with Gasteiger partial charge < -0.3 is 5.32 Å². The van der Waals surface area contributed by atoms with Crippen molar-refractivity contribution in [1.29, 1.82) is 0 Å². The second kappa shape index (κ2) is 8.31. The van der Waals surface area contributed by atoms with Gasteiger partial charge in [-0.05, 0) is 19.8 Å². The molecule has 1 amide bonds. The lowest BCUT2D eigenvalue weighted by molar-refractivity contribution is -0.121. The molecule has 0 heterocycles. The molecule has 0 saturated carbocycles. The molecule has 0 spiro atoms. The molecule has 0 aliphatic carbocycles. The van der Waals surface area contributed by atoms with Gasteiger partial charge in [0.1, 0.15) is 0 Å². The molecule has 0 fully saturated rings. The van der Waals surface area contributed by atoms with Gasteiger partial charge >= 0.3 is 0 Å². The molecule has 70 valence electrons. The zero-order valence-corrected chi connectivity index (χ0v) is 8.10. The van der Waals surface area contributed by atoms with Gasteiger partial charge in [-0.1, -0.05) is 25.5 Å². The minimum Gasteiger partial charge on any atom is -0.356 e. The van der Waals surface area contributed by atoms with E-state index in [1.54, 1.807) is 0 Å². The highest BCUT2D eigenvalue weighted by Gasteiger charge is 1.96. The van der Waals surface area contributed by atoms with Crippen LogP contribution in [0.4, 0.5) is 0 Å². The van der Waals surface area contributed by atoms with Crippen molar-refractivity contribution in [1.82, 2.24) is 5.32 Å². The van der Waals surface area contributed by atoms with Crippen LogP contribution in [0.3, 0.4) is 0 Å². The Balaban J connectivity index is 3.19. The Labute approximate surface area is 75.0 Å². The van der Waals surface area contributed by atoms with Crippen LogP contribution in [0.15, 0.2) is 12.2 Å². The molecular formula is C10H19NO. The van der Waals surface area contributed by atoms with Gasteiger partial charge in [0.05, 0.1) is 0 Å². The lowest BCUT2D eigenvalue weighted by atomic mass is 10.2. The van der Waals surface area contributed by atoms with Crippen LogP contribution in [-0.4, -0.2) is 12.5 Å². The summed E-state index contributed by atoms with van der Waals surface area (Å²) in [6.45, 7) is 4.85. The average molecular weight is 169 g/mol. The fourth-order valence-corrected chi connectivity index (χ4v) is 0.887. The molecule has 0 aromatic carbocycles. The van der Waals surface area contributed by atoms with Crippen LogP contribution in [0.2, 0.25) is 0 Å². The van der Waals surface area contributed by atoms with Crippen LogP contribution in [0.5, 0.6) is 0 Å². The van der Waals surface area contributed by atoms with E-state index in [0.717, 1.165) is 25.8 Å². The van der Waals surface area contributed by atoms with Gasteiger partial charge in [-0.3, -0.25) is 4.79 Å². The summed E-state index contributed by atoms with van der Waals surface area (Å²) in [5, 5.41) is 2.86. The summed E-state index contributed by atoms with van der Waals surface area (Å²) in [6.07, 6.45) is 7.75. The van der Waals surface area contributed by atoms with E-state index in [4.69, 9.17) is 0 Å². The minimum atomic E-state index is 0.182. The van der Waals surface area contributed by atoms with Crippen molar-refractivity contribution < 1.29 is 4.79 Å². The number of carbonyl (C=O) groups excluding carboxylic acids is 1. The van der Waals surface area contributed by atoms with E-state index in [9.17, 15) is 4.79 Å². The third-order valence-electron chi connectivity index (χ3n) is 1.63. The molecule has 0 radical (unpaired) electrons. The Morgan fingerprint density at radius 2 is 2.25 bits per heavy atom. The van der Waals surface area contributed by atoms with Crippen molar-refractivity contribution in [2.24, 2.45) is 0 Å². The Morgan fingerprint density at radius 3 is 2.83 bits per heavy atom. The second-order valence-electron chi connectivity index (χ2n) is 2.81. The number of hydrogen-bond donors (Lipinski definition) is 1.